The van der Waals surface area contributed by atoms with Crippen LogP contribution in [-0.2, 0) is 9.53 Å². The smallest absolute Gasteiger partial charge is 0.151 e. The van der Waals surface area contributed by atoms with E-state index in [0.717, 1.165) is 32.0 Å². The van der Waals surface area contributed by atoms with Gasteiger partial charge in [-0.05, 0) is 12.8 Å². The summed E-state index contributed by atoms with van der Waals surface area (Å²) in [7, 11) is 1.61. The molecule has 0 amide bonds. The van der Waals surface area contributed by atoms with Gasteiger partial charge < -0.3 is 9.53 Å². The van der Waals surface area contributed by atoms with Crippen molar-refractivity contribution in [2.75, 3.05) is 7.11 Å². The second-order valence-electron chi connectivity index (χ2n) is 2.89. The van der Waals surface area contributed by atoms with Crippen LogP contribution in [0, 0.1) is 0 Å². The van der Waals surface area contributed by atoms with Crippen LogP contribution in [0.4, 0.5) is 0 Å². The molecule has 0 saturated heterocycles. The molecule has 2 heteroatoms. The van der Waals surface area contributed by atoms with Gasteiger partial charge in [0.1, 0.15) is 5.60 Å². The van der Waals surface area contributed by atoms with E-state index in [-0.39, 0.29) is 0 Å². The third-order valence-corrected chi connectivity index (χ3v) is 1.97. The average Bonchev–Trinajstić information content (AvgIpc) is 2.04. The van der Waals surface area contributed by atoms with Crippen LogP contribution in [0.2, 0.25) is 0 Å². The Morgan fingerprint density at radius 2 is 1.73 bits per heavy atom. The van der Waals surface area contributed by atoms with E-state index in [1.807, 2.05) is 0 Å². The molecule has 0 radical (unpaired) electrons. The summed E-state index contributed by atoms with van der Waals surface area (Å²) in [5.41, 5.74) is -0.497. The van der Waals surface area contributed by atoms with Crippen molar-refractivity contribution >= 4 is 6.29 Å². The first-order valence-corrected chi connectivity index (χ1v) is 4.26. The maximum atomic E-state index is 10.7. The number of aldehydes is 1. The van der Waals surface area contributed by atoms with Gasteiger partial charge in [0.25, 0.3) is 0 Å². The zero-order chi connectivity index (χ0) is 8.74. The highest BCUT2D eigenvalue weighted by Crippen LogP contribution is 2.20. The van der Waals surface area contributed by atoms with Crippen molar-refractivity contribution in [3.8, 4) is 0 Å². The van der Waals surface area contributed by atoms with Gasteiger partial charge in [-0.1, -0.05) is 26.7 Å². The normalized spacial score (nSPS) is 11.5. The van der Waals surface area contributed by atoms with Crippen LogP contribution in [0.25, 0.3) is 0 Å². The molecule has 0 saturated carbocycles. The molecule has 0 fully saturated rings. The number of carbonyl (C=O) groups is 1. The quantitative estimate of drug-likeness (QED) is 0.554. The van der Waals surface area contributed by atoms with Crippen molar-refractivity contribution in [3.63, 3.8) is 0 Å². The lowest BCUT2D eigenvalue weighted by molar-refractivity contribution is -0.129. The first kappa shape index (κ1) is 10.6. The summed E-state index contributed by atoms with van der Waals surface area (Å²) in [6.07, 6.45) is 4.60. The standard InChI is InChI=1S/C9H18O2/c1-4-6-9(8-10,11-3)7-5-2/h8H,4-7H2,1-3H3. The molecule has 0 spiro atoms. The lowest BCUT2D eigenvalue weighted by atomic mass is 9.94. The Bertz CT molecular complexity index is 104. The molecule has 0 atom stereocenters. The minimum absolute atomic E-state index is 0.497. The Kier molecular flexibility index (Phi) is 5.12. The van der Waals surface area contributed by atoms with E-state index < -0.39 is 5.60 Å². The highest BCUT2D eigenvalue weighted by molar-refractivity contribution is 5.62. The Morgan fingerprint density at radius 3 is 1.91 bits per heavy atom. The van der Waals surface area contributed by atoms with Crippen molar-refractivity contribution < 1.29 is 9.53 Å². The van der Waals surface area contributed by atoms with Crippen LogP contribution in [0.5, 0.6) is 0 Å². The summed E-state index contributed by atoms with van der Waals surface area (Å²) in [5, 5.41) is 0. The molecular weight excluding hydrogens is 140 g/mol. The summed E-state index contributed by atoms with van der Waals surface area (Å²) in [4.78, 5) is 10.7. The van der Waals surface area contributed by atoms with Crippen LogP contribution < -0.4 is 0 Å². The lowest BCUT2D eigenvalue weighted by Gasteiger charge is -2.25. The Labute approximate surface area is 68.9 Å². The third kappa shape index (κ3) is 3.02. The summed E-state index contributed by atoms with van der Waals surface area (Å²) in [6, 6.07) is 0. The van der Waals surface area contributed by atoms with E-state index in [2.05, 4.69) is 13.8 Å². The largest absolute Gasteiger partial charge is 0.371 e. The molecule has 0 aromatic heterocycles. The van der Waals surface area contributed by atoms with Gasteiger partial charge in [-0.3, -0.25) is 0 Å². The van der Waals surface area contributed by atoms with E-state index in [0.29, 0.717) is 0 Å². The average molecular weight is 158 g/mol. The second-order valence-corrected chi connectivity index (χ2v) is 2.89. The van der Waals surface area contributed by atoms with Crippen molar-refractivity contribution in [1.29, 1.82) is 0 Å². The zero-order valence-electron chi connectivity index (χ0n) is 7.72. The molecule has 0 aromatic rings. The van der Waals surface area contributed by atoms with Crippen LogP contribution in [0.1, 0.15) is 39.5 Å². The molecule has 0 aliphatic carbocycles. The van der Waals surface area contributed by atoms with Crippen molar-refractivity contribution in [2.45, 2.75) is 45.1 Å². The van der Waals surface area contributed by atoms with Crippen LogP contribution in [-0.4, -0.2) is 19.0 Å². The Balaban J connectivity index is 4.07. The fraction of sp³-hybridized carbons (Fsp3) is 0.889. The van der Waals surface area contributed by atoms with Crippen molar-refractivity contribution in [1.82, 2.24) is 0 Å². The highest BCUT2D eigenvalue weighted by atomic mass is 16.5. The molecule has 0 aromatic carbocycles. The van der Waals surface area contributed by atoms with Gasteiger partial charge in [0.2, 0.25) is 0 Å². The first-order valence-electron chi connectivity index (χ1n) is 4.26. The molecule has 0 heterocycles. The van der Waals surface area contributed by atoms with Gasteiger partial charge in [0.05, 0.1) is 0 Å². The Hall–Kier alpha value is -0.370. The summed E-state index contributed by atoms with van der Waals surface area (Å²) < 4.78 is 5.20. The topological polar surface area (TPSA) is 26.3 Å². The summed E-state index contributed by atoms with van der Waals surface area (Å²) in [5.74, 6) is 0. The molecule has 0 N–H and O–H groups in total. The second kappa shape index (κ2) is 5.30. The lowest BCUT2D eigenvalue weighted by Crippen LogP contribution is -2.32. The van der Waals surface area contributed by atoms with Crippen LogP contribution in [0.3, 0.4) is 0 Å². The molecule has 0 aliphatic heterocycles. The number of rotatable bonds is 6. The fourth-order valence-electron chi connectivity index (χ4n) is 1.34. The van der Waals surface area contributed by atoms with Gasteiger partial charge in [-0.15, -0.1) is 0 Å². The van der Waals surface area contributed by atoms with E-state index >= 15 is 0 Å². The van der Waals surface area contributed by atoms with Crippen molar-refractivity contribution in [3.05, 3.63) is 0 Å². The van der Waals surface area contributed by atoms with Gasteiger partial charge >= 0.3 is 0 Å². The number of hydrogen-bond donors (Lipinski definition) is 0. The molecule has 0 bridgehead atoms. The van der Waals surface area contributed by atoms with E-state index in [4.69, 9.17) is 4.74 Å². The van der Waals surface area contributed by atoms with Crippen LogP contribution >= 0.6 is 0 Å². The van der Waals surface area contributed by atoms with Crippen molar-refractivity contribution in [2.24, 2.45) is 0 Å². The molecular formula is C9H18O2. The molecule has 2 nitrogen and oxygen atoms in total. The maximum absolute atomic E-state index is 10.7. The van der Waals surface area contributed by atoms with Crippen LogP contribution in [0.15, 0.2) is 0 Å². The number of methoxy groups -OCH3 is 1. The van der Waals surface area contributed by atoms with Gasteiger partial charge in [0, 0.05) is 7.11 Å². The molecule has 0 unspecified atom stereocenters. The van der Waals surface area contributed by atoms with Gasteiger partial charge in [-0.25, -0.2) is 0 Å². The molecule has 11 heavy (non-hydrogen) atoms. The fourth-order valence-corrected chi connectivity index (χ4v) is 1.34. The van der Waals surface area contributed by atoms with E-state index in [9.17, 15) is 4.79 Å². The predicted octanol–water partition coefficient (Wildman–Crippen LogP) is 2.17. The minimum atomic E-state index is -0.497. The third-order valence-electron chi connectivity index (χ3n) is 1.97. The summed E-state index contributed by atoms with van der Waals surface area (Å²) in [6.45, 7) is 4.12. The van der Waals surface area contributed by atoms with Gasteiger partial charge in [-0.2, -0.15) is 0 Å². The SMILES string of the molecule is CCCC(C=O)(CCC)OC. The van der Waals surface area contributed by atoms with Gasteiger partial charge in [0.15, 0.2) is 6.29 Å². The maximum Gasteiger partial charge on any atom is 0.151 e. The predicted molar refractivity (Wildman–Crippen MR) is 45.6 cm³/mol. The monoisotopic (exact) mass is 158 g/mol. The molecule has 0 aliphatic rings. The number of carbonyl (C=O) groups excluding carboxylic acids is 1. The van der Waals surface area contributed by atoms with E-state index in [1.165, 1.54) is 0 Å². The number of hydrogen-bond acceptors (Lipinski definition) is 2. The molecule has 0 rings (SSSR count). The summed E-state index contributed by atoms with van der Waals surface area (Å²) >= 11 is 0. The van der Waals surface area contributed by atoms with E-state index in [1.54, 1.807) is 7.11 Å². The highest BCUT2D eigenvalue weighted by Gasteiger charge is 2.26. The molecule has 66 valence electrons. The first-order chi connectivity index (χ1) is 5.24. The zero-order valence-corrected chi connectivity index (χ0v) is 7.72. The minimum Gasteiger partial charge on any atom is -0.371 e. The number of ether oxygens (including phenoxy) is 1. The Morgan fingerprint density at radius 1 is 1.27 bits per heavy atom.